The molecule has 0 aromatic heterocycles. The number of hydrogen-bond donors (Lipinski definition) is 0. The molecule has 2 aliphatic rings. The van der Waals surface area contributed by atoms with Crippen molar-refractivity contribution < 1.29 is 9.53 Å². The van der Waals surface area contributed by atoms with E-state index in [2.05, 4.69) is 56.1 Å². The third-order valence-corrected chi connectivity index (χ3v) is 7.14. The van der Waals surface area contributed by atoms with Crippen molar-refractivity contribution in [3.8, 4) is 5.75 Å². The maximum Gasteiger partial charge on any atom is 0.133 e. The topological polar surface area (TPSA) is 29.5 Å². The van der Waals surface area contributed by atoms with Gasteiger partial charge in [0.25, 0.3) is 0 Å². The Labute approximate surface area is 168 Å². The molecule has 1 heterocycles. The minimum Gasteiger partial charge on any atom is -0.489 e. The number of benzene rings is 2. The van der Waals surface area contributed by atoms with Crippen LogP contribution < -0.4 is 4.74 Å². The highest BCUT2D eigenvalue weighted by atomic mass is 16.5. The van der Waals surface area contributed by atoms with Crippen molar-refractivity contribution in [1.29, 1.82) is 0 Å². The monoisotopic (exact) mass is 377 g/mol. The van der Waals surface area contributed by atoms with Crippen molar-refractivity contribution in [3.63, 3.8) is 0 Å². The molecule has 1 saturated carbocycles. The molecule has 1 aliphatic carbocycles. The van der Waals surface area contributed by atoms with Gasteiger partial charge in [-0.1, -0.05) is 36.4 Å². The van der Waals surface area contributed by atoms with Crippen molar-refractivity contribution in [2.24, 2.45) is 5.92 Å². The number of piperidine rings is 1. The highest BCUT2D eigenvalue weighted by Gasteiger charge is 2.50. The van der Waals surface area contributed by atoms with Gasteiger partial charge in [-0.25, -0.2) is 0 Å². The Hall–Kier alpha value is -2.13. The van der Waals surface area contributed by atoms with Gasteiger partial charge >= 0.3 is 0 Å². The number of carbonyl (C=O) groups excluding carboxylic acids is 1. The summed E-state index contributed by atoms with van der Waals surface area (Å²) in [5, 5.41) is 0. The van der Waals surface area contributed by atoms with Gasteiger partial charge in [-0.05, 0) is 75.0 Å². The number of fused-ring (bicyclic) bond motifs is 1. The zero-order valence-corrected chi connectivity index (χ0v) is 17.3. The molecule has 1 saturated heterocycles. The molecule has 28 heavy (non-hydrogen) atoms. The van der Waals surface area contributed by atoms with Crippen LogP contribution in [0.15, 0.2) is 48.5 Å². The summed E-state index contributed by atoms with van der Waals surface area (Å²) in [7, 11) is 2.22. The zero-order valence-electron chi connectivity index (χ0n) is 17.3. The quantitative estimate of drug-likeness (QED) is 0.759. The van der Waals surface area contributed by atoms with Crippen LogP contribution in [0.4, 0.5) is 0 Å². The average molecular weight is 378 g/mol. The van der Waals surface area contributed by atoms with Gasteiger partial charge in [-0.3, -0.25) is 4.79 Å². The SMILES string of the molecule is Cc1ccc(OCc2ccccc2)cc1[C@]12CCN(C)C(C)[C@@H]1CCC(=O)C2. The maximum absolute atomic E-state index is 12.5. The number of carbonyl (C=O) groups is 1. The normalized spacial score (nSPS) is 28.0. The molecule has 0 N–H and O–H groups in total. The van der Waals surface area contributed by atoms with Gasteiger partial charge in [0.15, 0.2) is 0 Å². The molecule has 0 spiro atoms. The van der Waals surface area contributed by atoms with E-state index in [-0.39, 0.29) is 5.41 Å². The van der Waals surface area contributed by atoms with Crippen LogP contribution in [0.5, 0.6) is 5.75 Å². The van der Waals surface area contributed by atoms with Crippen LogP contribution in [0.2, 0.25) is 0 Å². The summed E-state index contributed by atoms with van der Waals surface area (Å²) in [5.74, 6) is 1.84. The minimum absolute atomic E-state index is 0.0442. The van der Waals surface area contributed by atoms with Crippen molar-refractivity contribution >= 4 is 5.78 Å². The molecule has 0 amide bonds. The Balaban J connectivity index is 1.67. The molecule has 0 bridgehead atoms. The Morgan fingerprint density at radius 2 is 1.96 bits per heavy atom. The van der Waals surface area contributed by atoms with Crippen LogP contribution >= 0.6 is 0 Å². The predicted molar refractivity (Wildman–Crippen MR) is 113 cm³/mol. The van der Waals surface area contributed by atoms with E-state index in [9.17, 15) is 4.79 Å². The number of nitrogens with zero attached hydrogens (tertiary/aromatic N) is 1. The van der Waals surface area contributed by atoms with E-state index in [1.807, 2.05) is 18.2 Å². The molecule has 3 atom stereocenters. The molecule has 2 aromatic rings. The Kier molecular flexibility index (Phi) is 5.29. The first-order valence-corrected chi connectivity index (χ1v) is 10.5. The fourth-order valence-corrected chi connectivity index (χ4v) is 5.43. The molecule has 148 valence electrons. The lowest BCUT2D eigenvalue weighted by molar-refractivity contribution is -0.126. The van der Waals surface area contributed by atoms with Crippen LogP contribution in [-0.4, -0.2) is 30.3 Å². The highest BCUT2D eigenvalue weighted by Crippen LogP contribution is 2.51. The van der Waals surface area contributed by atoms with Crippen molar-refractivity contribution in [2.45, 2.75) is 57.6 Å². The average Bonchev–Trinajstić information content (AvgIpc) is 2.71. The summed E-state index contributed by atoms with van der Waals surface area (Å²) in [6.07, 6.45) is 3.46. The zero-order chi connectivity index (χ0) is 19.7. The Morgan fingerprint density at radius 1 is 1.18 bits per heavy atom. The summed E-state index contributed by atoms with van der Waals surface area (Å²) < 4.78 is 6.13. The molecule has 2 fully saturated rings. The lowest BCUT2D eigenvalue weighted by Crippen LogP contribution is -2.56. The molecule has 4 rings (SSSR count). The van der Waals surface area contributed by atoms with Gasteiger partial charge < -0.3 is 9.64 Å². The second-order valence-electron chi connectivity index (χ2n) is 8.74. The molecule has 2 aromatic carbocycles. The van der Waals surface area contributed by atoms with Crippen LogP contribution in [-0.2, 0) is 16.8 Å². The standard InChI is InChI=1S/C25H31NO2/c1-18-9-11-22(28-17-20-7-5-4-6-8-20)15-24(18)25-13-14-26(3)19(2)23(25)12-10-21(27)16-25/h4-9,11,15,19,23H,10,12-14,16-17H2,1-3H3/t19?,23-,25-/m0/s1. The summed E-state index contributed by atoms with van der Waals surface area (Å²) >= 11 is 0. The van der Waals surface area contributed by atoms with E-state index in [0.717, 1.165) is 31.6 Å². The van der Waals surface area contributed by atoms with Crippen LogP contribution in [0.3, 0.4) is 0 Å². The van der Waals surface area contributed by atoms with Gasteiger partial charge in [-0.2, -0.15) is 0 Å². The van der Waals surface area contributed by atoms with E-state index in [0.29, 0.717) is 30.8 Å². The molecule has 0 radical (unpaired) electrons. The van der Waals surface area contributed by atoms with E-state index < -0.39 is 0 Å². The summed E-state index contributed by atoms with van der Waals surface area (Å²) in [6, 6.07) is 17.2. The first kappa shape index (κ1) is 19.2. The minimum atomic E-state index is -0.0442. The number of Topliss-reactive ketones (excluding diaryl/α,β-unsaturated/α-hetero) is 1. The molecule has 1 aliphatic heterocycles. The predicted octanol–water partition coefficient (Wildman–Crippen LogP) is 4.91. The summed E-state index contributed by atoms with van der Waals surface area (Å²) in [6.45, 7) is 6.13. The number of ether oxygens (including phenoxy) is 1. The largest absolute Gasteiger partial charge is 0.489 e. The van der Waals surface area contributed by atoms with E-state index in [1.54, 1.807) is 0 Å². The second kappa shape index (κ2) is 7.71. The van der Waals surface area contributed by atoms with Crippen molar-refractivity contribution in [1.82, 2.24) is 4.90 Å². The molecule has 1 unspecified atom stereocenters. The fraction of sp³-hybridized carbons (Fsp3) is 0.480. The first-order chi connectivity index (χ1) is 13.5. The summed E-state index contributed by atoms with van der Waals surface area (Å²) in [5.41, 5.74) is 3.73. The van der Waals surface area contributed by atoms with E-state index in [1.165, 1.54) is 16.7 Å². The number of likely N-dealkylation sites (tertiary alicyclic amines) is 1. The van der Waals surface area contributed by atoms with Crippen LogP contribution in [0, 0.1) is 12.8 Å². The van der Waals surface area contributed by atoms with Gasteiger partial charge in [0.05, 0.1) is 0 Å². The fourth-order valence-electron chi connectivity index (χ4n) is 5.43. The molecule has 3 heteroatoms. The van der Waals surface area contributed by atoms with E-state index >= 15 is 0 Å². The number of rotatable bonds is 4. The van der Waals surface area contributed by atoms with Gasteiger partial charge in [0.2, 0.25) is 0 Å². The molecular formula is C25H31NO2. The number of aryl methyl sites for hydroxylation is 1. The third-order valence-electron chi connectivity index (χ3n) is 7.14. The maximum atomic E-state index is 12.5. The molecule has 3 nitrogen and oxygen atoms in total. The number of hydrogen-bond acceptors (Lipinski definition) is 3. The molecular weight excluding hydrogens is 346 g/mol. The lowest BCUT2D eigenvalue weighted by atomic mass is 9.56. The van der Waals surface area contributed by atoms with Gasteiger partial charge in [0, 0.05) is 24.3 Å². The van der Waals surface area contributed by atoms with Crippen molar-refractivity contribution in [2.75, 3.05) is 13.6 Å². The van der Waals surface area contributed by atoms with Crippen LogP contribution in [0.1, 0.15) is 49.3 Å². The smallest absolute Gasteiger partial charge is 0.133 e. The first-order valence-electron chi connectivity index (χ1n) is 10.5. The van der Waals surface area contributed by atoms with Crippen molar-refractivity contribution in [3.05, 3.63) is 65.2 Å². The lowest BCUT2D eigenvalue weighted by Gasteiger charge is -2.54. The Morgan fingerprint density at radius 3 is 2.75 bits per heavy atom. The number of ketones is 1. The Bertz CT molecular complexity index is 847. The second-order valence-corrected chi connectivity index (χ2v) is 8.74. The highest BCUT2D eigenvalue weighted by molar-refractivity contribution is 5.81. The van der Waals surface area contributed by atoms with E-state index in [4.69, 9.17) is 4.74 Å². The van der Waals surface area contributed by atoms with Gasteiger partial charge in [-0.15, -0.1) is 0 Å². The third kappa shape index (κ3) is 3.48. The summed E-state index contributed by atoms with van der Waals surface area (Å²) in [4.78, 5) is 15.0. The van der Waals surface area contributed by atoms with Gasteiger partial charge in [0.1, 0.15) is 18.1 Å². The van der Waals surface area contributed by atoms with Crippen LogP contribution in [0.25, 0.3) is 0 Å².